The van der Waals surface area contributed by atoms with Crippen molar-refractivity contribution in [3.05, 3.63) is 28.8 Å². The molecule has 0 aliphatic carbocycles. The summed E-state index contributed by atoms with van der Waals surface area (Å²) in [5.74, 6) is 1.92. The SMILES string of the molecule is CC(C)CC(C)COc1ccc(Cl)cc1CO. The Kier molecular flexibility index (Phi) is 5.79. The first-order valence-electron chi connectivity index (χ1n) is 6.05. The van der Waals surface area contributed by atoms with Gasteiger partial charge >= 0.3 is 0 Å². The van der Waals surface area contributed by atoms with Gasteiger partial charge < -0.3 is 9.84 Å². The van der Waals surface area contributed by atoms with Crippen LogP contribution in [-0.4, -0.2) is 11.7 Å². The molecule has 1 aromatic rings. The van der Waals surface area contributed by atoms with E-state index in [0.29, 0.717) is 23.5 Å². The Morgan fingerprint density at radius 1 is 1.29 bits per heavy atom. The highest BCUT2D eigenvalue weighted by Crippen LogP contribution is 2.24. The molecule has 3 heteroatoms. The van der Waals surface area contributed by atoms with Crippen LogP contribution in [-0.2, 0) is 6.61 Å². The monoisotopic (exact) mass is 256 g/mol. The van der Waals surface area contributed by atoms with E-state index in [1.165, 1.54) is 0 Å². The summed E-state index contributed by atoms with van der Waals surface area (Å²) in [4.78, 5) is 0. The Hall–Kier alpha value is -0.730. The second-order valence-corrected chi connectivity index (χ2v) is 5.39. The van der Waals surface area contributed by atoms with Crippen LogP contribution in [0.1, 0.15) is 32.8 Å². The van der Waals surface area contributed by atoms with Crippen molar-refractivity contribution in [2.75, 3.05) is 6.61 Å². The van der Waals surface area contributed by atoms with Crippen molar-refractivity contribution in [3.8, 4) is 5.75 Å². The van der Waals surface area contributed by atoms with Crippen molar-refractivity contribution in [3.63, 3.8) is 0 Å². The topological polar surface area (TPSA) is 29.5 Å². The molecule has 1 N–H and O–H groups in total. The van der Waals surface area contributed by atoms with E-state index in [4.69, 9.17) is 16.3 Å². The van der Waals surface area contributed by atoms with E-state index in [2.05, 4.69) is 20.8 Å². The van der Waals surface area contributed by atoms with Gasteiger partial charge in [0, 0.05) is 10.6 Å². The first-order chi connectivity index (χ1) is 8.02. The molecule has 1 atom stereocenters. The lowest BCUT2D eigenvalue weighted by atomic mass is 10.00. The molecular weight excluding hydrogens is 236 g/mol. The van der Waals surface area contributed by atoms with Crippen LogP contribution in [0, 0.1) is 11.8 Å². The standard InChI is InChI=1S/C14H21ClO2/c1-10(2)6-11(3)9-17-14-5-4-13(15)7-12(14)8-16/h4-5,7,10-11,16H,6,8-9H2,1-3H3. The fourth-order valence-corrected chi connectivity index (χ4v) is 2.11. The summed E-state index contributed by atoms with van der Waals surface area (Å²) in [5, 5.41) is 9.84. The van der Waals surface area contributed by atoms with Gasteiger partial charge in [-0.2, -0.15) is 0 Å². The number of hydrogen-bond acceptors (Lipinski definition) is 2. The molecule has 1 rings (SSSR count). The van der Waals surface area contributed by atoms with Crippen molar-refractivity contribution in [1.29, 1.82) is 0 Å². The van der Waals surface area contributed by atoms with Gasteiger partial charge in [-0.05, 0) is 36.5 Å². The zero-order valence-corrected chi connectivity index (χ0v) is 11.5. The minimum atomic E-state index is -0.0472. The fourth-order valence-electron chi connectivity index (χ4n) is 1.92. The number of hydrogen-bond donors (Lipinski definition) is 1. The Bertz CT molecular complexity index is 350. The third-order valence-electron chi connectivity index (χ3n) is 2.59. The molecule has 0 fully saturated rings. The van der Waals surface area contributed by atoms with Gasteiger partial charge in [0.05, 0.1) is 13.2 Å². The van der Waals surface area contributed by atoms with Crippen molar-refractivity contribution in [1.82, 2.24) is 0 Å². The van der Waals surface area contributed by atoms with Crippen LogP contribution in [0.3, 0.4) is 0 Å². The van der Waals surface area contributed by atoms with Gasteiger partial charge in [0.2, 0.25) is 0 Å². The van der Waals surface area contributed by atoms with Gasteiger partial charge in [-0.25, -0.2) is 0 Å². The lowest BCUT2D eigenvalue weighted by Crippen LogP contribution is -2.11. The number of ether oxygens (including phenoxy) is 1. The summed E-state index contributed by atoms with van der Waals surface area (Å²) < 4.78 is 5.73. The molecule has 0 heterocycles. The Balaban J connectivity index is 2.56. The highest BCUT2D eigenvalue weighted by molar-refractivity contribution is 6.30. The van der Waals surface area contributed by atoms with Crippen LogP contribution in [0.5, 0.6) is 5.75 Å². The van der Waals surface area contributed by atoms with Crippen LogP contribution >= 0.6 is 11.6 Å². The Morgan fingerprint density at radius 3 is 2.59 bits per heavy atom. The average molecular weight is 257 g/mol. The molecule has 1 unspecified atom stereocenters. The third kappa shape index (κ3) is 4.97. The Morgan fingerprint density at radius 2 is 2.00 bits per heavy atom. The van der Waals surface area contributed by atoms with Gasteiger partial charge in [0.1, 0.15) is 5.75 Å². The van der Waals surface area contributed by atoms with E-state index in [0.717, 1.165) is 17.7 Å². The van der Waals surface area contributed by atoms with Crippen LogP contribution < -0.4 is 4.74 Å². The lowest BCUT2D eigenvalue weighted by Gasteiger charge is -2.16. The molecule has 0 aliphatic heterocycles. The van der Waals surface area contributed by atoms with Gasteiger partial charge in [-0.15, -0.1) is 0 Å². The highest BCUT2D eigenvalue weighted by atomic mass is 35.5. The van der Waals surface area contributed by atoms with Crippen molar-refractivity contribution >= 4 is 11.6 Å². The van der Waals surface area contributed by atoms with Crippen molar-refractivity contribution in [2.24, 2.45) is 11.8 Å². The molecule has 0 amide bonds. The van der Waals surface area contributed by atoms with Crippen molar-refractivity contribution in [2.45, 2.75) is 33.8 Å². The number of halogens is 1. The quantitative estimate of drug-likeness (QED) is 0.837. The summed E-state index contributed by atoms with van der Waals surface area (Å²) in [5.41, 5.74) is 0.745. The van der Waals surface area contributed by atoms with Crippen LogP contribution in [0.25, 0.3) is 0 Å². The number of rotatable bonds is 6. The molecule has 0 saturated carbocycles. The fraction of sp³-hybridized carbons (Fsp3) is 0.571. The van der Waals surface area contributed by atoms with E-state index >= 15 is 0 Å². The molecule has 96 valence electrons. The number of aliphatic hydroxyl groups is 1. The van der Waals surface area contributed by atoms with Crippen molar-refractivity contribution < 1.29 is 9.84 Å². The first kappa shape index (κ1) is 14.3. The molecule has 1 aromatic carbocycles. The maximum Gasteiger partial charge on any atom is 0.124 e. The average Bonchev–Trinajstić information content (AvgIpc) is 2.26. The summed E-state index contributed by atoms with van der Waals surface area (Å²) in [6, 6.07) is 5.34. The van der Waals surface area contributed by atoms with E-state index in [9.17, 15) is 5.11 Å². The molecule has 2 nitrogen and oxygen atoms in total. The summed E-state index contributed by atoms with van der Waals surface area (Å²) in [6.07, 6.45) is 1.14. The Labute approximate surface area is 109 Å². The van der Waals surface area contributed by atoms with Crippen LogP contribution in [0.15, 0.2) is 18.2 Å². The zero-order chi connectivity index (χ0) is 12.8. The summed E-state index contributed by atoms with van der Waals surface area (Å²) in [6.45, 7) is 7.21. The third-order valence-corrected chi connectivity index (χ3v) is 2.83. The van der Waals surface area contributed by atoms with Gasteiger partial charge in [-0.3, -0.25) is 0 Å². The largest absolute Gasteiger partial charge is 0.493 e. The second kappa shape index (κ2) is 6.87. The predicted molar refractivity (Wildman–Crippen MR) is 71.5 cm³/mol. The van der Waals surface area contributed by atoms with Gasteiger partial charge in [-0.1, -0.05) is 32.4 Å². The number of aliphatic hydroxyl groups excluding tert-OH is 1. The molecule has 0 aromatic heterocycles. The molecule has 0 aliphatic rings. The van der Waals surface area contributed by atoms with E-state index in [-0.39, 0.29) is 6.61 Å². The zero-order valence-electron chi connectivity index (χ0n) is 10.7. The smallest absolute Gasteiger partial charge is 0.124 e. The first-order valence-corrected chi connectivity index (χ1v) is 6.42. The molecule has 0 bridgehead atoms. The minimum absolute atomic E-state index is 0.0472. The van der Waals surface area contributed by atoms with Gasteiger partial charge in [0.25, 0.3) is 0 Å². The van der Waals surface area contributed by atoms with Crippen LogP contribution in [0.4, 0.5) is 0 Å². The lowest BCUT2D eigenvalue weighted by molar-refractivity contribution is 0.225. The molecule has 0 radical (unpaired) electrons. The molecule has 0 spiro atoms. The summed E-state index contributed by atoms with van der Waals surface area (Å²) >= 11 is 5.86. The normalized spacial score (nSPS) is 12.8. The number of benzene rings is 1. The highest BCUT2D eigenvalue weighted by Gasteiger charge is 2.08. The van der Waals surface area contributed by atoms with Crippen LogP contribution in [0.2, 0.25) is 5.02 Å². The van der Waals surface area contributed by atoms with Gasteiger partial charge in [0.15, 0.2) is 0 Å². The maximum absolute atomic E-state index is 9.21. The van der Waals surface area contributed by atoms with E-state index in [1.807, 2.05) is 6.07 Å². The second-order valence-electron chi connectivity index (χ2n) is 4.96. The summed E-state index contributed by atoms with van der Waals surface area (Å²) in [7, 11) is 0. The predicted octanol–water partition coefficient (Wildman–Crippen LogP) is 3.89. The van der Waals surface area contributed by atoms with E-state index in [1.54, 1.807) is 12.1 Å². The van der Waals surface area contributed by atoms with E-state index < -0.39 is 0 Å². The minimum Gasteiger partial charge on any atom is -0.493 e. The molecular formula is C14H21ClO2. The maximum atomic E-state index is 9.21. The molecule has 0 saturated heterocycles. The molecule has 17 heavy (non-hydrogen) atoms.